The Labute approximate surface area is 261 Å². The summed E-state index contributed by atoms with van der Waals surface area (Å²) in [6.07, 6.45) is 29.6. The van der Waals surface area contributed by atoms with Gasteiger partial charge in [0, 0.05) is 0 Å². The number of phenols is 1. The number of hydrogen-bond acceptors (Lipinski definition) is 2. The van der Waals surface area contributed by atoms with Crippen LogP contribution in [0.4, 0.5) is 0 Å². The van der Waals surface area contributed by atoms with Gasteiger partial charge in [0.05, 0.1) is 7.11 Å². The van der Waals surface area contributed by atoms with Crippen molar-refractivity contribution in [3.05, 3.63) is 152 Å². The molecule has 2 nitrogen and oxygen atoms in total. The molecule has 0 heterocycles. The van der Waals surface area contributed by atoms with E-state index in [2.05, 4.69) is 147 Å². The van der Waals surface area contributed by atoms with Gasteiger partial charge in [-0.3, -0.25) is 0 Å². The van der Waals surface area contributed by atoms with Gasteiger partial charge in [-0.15, -0.1) is 0 Å². The molecule has 0 unspecified atom stereocenters. The molecule has 0 saturated heterocycles. The maximum atomic E-state index is 10.0. The number of allylic oxidation sites excluding steroid dienone is 16. The van der Waals surface area contributed by atoms with Gasteiger partial charge in [-0.05, 0) is 126 Å². The third-order valence-electron chi connectivity index (χ3n) is 7.75. The van der Waals surface area contributed by atoms with E-state index in [0.717, 1.165) is 28.0 Å². The Morgan fingerprint density at radius 1 is 0.535 bits per heavy atom. The van der Waals surface area contributed by atoms with Gasteiger partial charge >= 0.3 is 0 Å². The number of rotatable bonds is 11. The van der Waals surface area contributed by atoms with E-state index in [-0.39, 0.29) is 0 Å². The number of benzene rings is 2. The Bertz CT molecular complexity index is 1570. The van der Waals surface area contributed by atoms with E-state index in [1.807, 2.05) is 19.9 Å². The fraction of sp³-hybridized carbons (Fsp3) is 0.268. The van der Waals surface area contributed by atoms with Crippen LogP contribution in [0.15, 0.2) is 107 Å². The van der Waals surface area contributed by atoms with Crippen LogP contribution in [0.2, 0.25) is 0 Å². The van der Waals surface area contributed by atoms with Crippen LogP contribution in [-0.4, -0.2) is 12.2 Å². The number of ether oxygens (including phenoxy) is 1. The van der Waals surface area contributed by atoms with Crippen molar-refractivity contribution in [2.45, 2.75) is 69.2 Å². The van der Waals surface area contributed by atoms with E-state index >= 15 is 0 Å². The zero-order chi connectivity index (χ0) is 32.1. The molecule has 0 atom stereocenters. The molecule has 2 aromatic carbocycles. The minimum absolute atomic E-state index is 0.360. The average Bonchev–Trinajstić information content (AvgIpc) is 2.95. The Kier molecular flexibility index (Phi) is 13.8. The quantitative estimate of drug-likeness (QED) is 0.270. The predicted octanol–water partition coefficient (Wildman–Crippen LogP) is 11.4. The number of hydrogen-bond donors (Lipinski definition) is 1. The fourth-order valence-corrected chi connectivity index (χ4v) is 4.64. The minimum atomic E-state index is 0.360. The molecule has 2 heteroatoms. The van der Waals surface area contributed by atoms with Gasteiger partial charge in [0.25, 0.3) is 0 Å². The van der Waals surface area contributed by atoms with Crippen LogP contribution in [0.3, 0.4) is 0 Å². The average molecular weight is 575 g/mol. The van der Waals surface area contributed by atoms with Gasteiger partial charge in [-0.25, -0.2) is 0 Å². The summed E-state index contributed by atoms with van der Waals surface area (Å²) in [6.45, 7) is 20.8. The van der Waals surface area contributed by atoms with Gasteiger partial charge in [0.15, 0.2) is 0 Å². The largest absolute Gasteiger partial charge is 0.508 e. The first-order valence-electron chi connectivity index (χ1n) is 14.9. The first kappa shape index (κ1) is 34.9. The summed E-state index contributed by atoms with van der Waals surface area (Å²) in [5, 5.41) is 10.0. The van der Waals surface area contributed by atoms with E-state index in [1.54, 1.807) is 7.11 Å². The standard InChI is InChI=1S/C41H50O2/c1-28(18-14-20-30(3)22-24-38-32(5)26-40(42)36(9)34(38)7)16-12-13-17-29(2)19-15-21-31(4)23-25-39-33(6)27-41(43-11)37(10)35(39)8/h12-27,42H,1-11H3. The van der Waals surface area contributed by atoms with Crippen LogP contribution < -0.4 is 4.74 Å². The highest BCUT2D eigenvalue weighted by Gasteiger charge is 2.08. The van der Waals surface area contributed by atoms with Crippen LogP contribution in [0.1, 0.15) is 72.2 Å². The molecule has 0 aromatic heterocycles. The fourth-order valence-electron chi connectivity index (χ4n) is 4.64. The molecule has 43 heavy (non-hydrogen) atoms. The Morgan fingerprint density at radius 2 is 0.930 bits per heavy atom. The third-order valence-corrected chi connectivity index (χ3v) is 7.75. The van der Waals surface area contributed by atoms with Crippen LogP contribution in [0, 0.1) is 41.5 Å². The van der Waals surface area contributed by atoms with E-state index < -0.39 is 0 Å². The van der Waals surface area contributed by atoms with Crippen molar-refractivity contribution in [3.63, 3.8) is 0 Å². The Balaban J connectivity index is 1.95. The molecule has 0 spiro atoms. The lowest BCUT2D eigenvalue weighted by molar-refractivity contribution is 0.411. The second kappa shape index (κ2) is 17.0. The number of methoxy groups -OCH3 is 1. The molecular formula is C41H50O2. The molecule has 0 bridgehead atoms. The van der Waals surface area contributed by atoms with Gasteiger partial charge in [0.2, 0.25) is 0 Å². The SMILES string of the molecule is COc1cc(C)c(C=CC(C)=CC=CC(C)=CC=CC=C(C)C=CC=C(C)C=Cc2c(C)cc(O)c(C)c2C)c(C)c1C. The molecule has 0 radical (unpaired) electrons. The molecule has 0 saturated carbocycles. The van der Waals surface area contributed by atoms with Crippen molar-refractivity contribution in [1.29, 1.82) is 0 Å². The second-order valence-electron chi connectivity index (χ2n) is 11.3. The Hall–Kier alpha value is -4.30. The number of aryl methyl sites for hydroxylation is 2. The summed E-state index contributed by atoms with van der Waals surface area (Å²) in [5.74, 6) is 1.30. The van der Waals surface area contributed by atoms with Gasteiger partial charge < -0.3 is 9.84 Å². The number of aromatic hydroxyl groups is 1. The van der Waals surface area contributed by atoms with Crippen molar-refractivity contribution < 1.29 is 9.84 Å². The normalized spacial score (nSPS) is 14.1. The lowest BCUT2D eigenvalue weighted by atomic mass is 9.96. The first-order valence-corrected chi connectivity index (χ1v) is 14.9. The second-order valence-corrected chi connectivity index (χ2v) is 11.3. The maximum absolute atomic E-state index is 10.0. The van der Waals surface area contributed by atoms with Gasteiger partial charge in [0.1, 0.15) is 11.5 Å². The van der Waals surface area contributed by atoms with Gasteiger partial charge in [-0.2, -0.15) is 0 Å². The molecule has 2 aromatic rings. The highest BCUT2D eigenvalue weighted by atomic mass is 16.5. The summed E-state index contributed by atoms with van der Waals surface area (Å²) in [7, 11) is 1.72. The van der Waals surface area contributed by atoms with E-state index in [9.17, 15) is 5.11 Å². The van der Waals surface area contributed by atoms with Gasteiger partial charge in [-0.1, -0.05) is 107 Å². The van der Waals surface area contributed by atoms with E-state index in [4.69, 9.17) is 4.74 Å². The predicted molar refractivity (Wildman–Crippen MR) is 190 cm³/mol. The van der Waals surface area contributed by atoms with Crippen molar-refractivity contribution in [3.8, 4) is 11.5 Å². The molecule has 0 aliphatic heterocycles. The highest BCUT2D eigenvalue weighted by molar-refractivity contribution is 5.65. The van der Waals surface area contributed by atoms with E-state index in [0.29, 0.717) is 5.75 Å². The zero-order valence-corrected chi connectivity index (χ0v) is 28.1. The maximum Gasteiger partial charge on any atom is 0.122 e. The molecule has 226 valence electrons. The van der Waals surface area contributed by atoms with Crippen LogP contribution >= 0.6 is 0 Å². The molecule has 0 amide bonds. The topological polar surface area (TPSA) is 29.5 Å². The lowest BCUT2D eigenvalue weighted by Crippen LogP contribution is -1.95. The van der Waals surface area contributed by atoms with Crippen molar-refractivity contribution in [2.24, 2.45) is 0 Å². The van der Waals surface area contributed by atoms with Crippen molar-refractivity contribution in [1.82, 2.24) is 0 Å². The summed E-state index contributed by atoms with van der Waals surface area (Å²) < 4.78 is 5.49. The molecule has 0 fully saturated rings. The molecule has 0 aliphatic rings. The van der Waals surface area contributed by atoms with Crippen molar-refractivity contribution >= 4 is 12.2 Å². The van der Waals surface area contributed by atoms with Crippen LogP contribution in [0.25, 0.3) is 12.2 Å². The van der Waals surface area contributed by atoms with Crippen molar-refractivity contribution in [2.75, 3.05) is 7.11 Å². The number of phenolic OH excluding ortho intramolecular Hbond substituents is 1. The third kappa shape index (κ3) is 10.8. The minimum Gasteiger partial charge on any atom is -0.508 e. The monoisotopic (exact) mass is 574 g/mol. The van der Waals surface area contributed by atoms with Crippen LogP contribution in [0.5, 0.6) is 11.5 Å². The zero-order valence-electron chi connectivity index (χ0n) is 28.1. The summed E-state index contributed by atoms with van der Waals surface area (Å²) in [6, 6.07) is 3.94. The lowest BCUT2D eigenvalue weighted by Gasteiger charge is -2.13. The molecule has 1 N–H and O–H groups in total. The molecular weight excluding hydrogens is 524 g/mol. The van der Waals surface area contributed by atoms with Crippen LogP contribution in [-0.2, 0) is 0 Å². The summed E-state index contributed by atoms with van der Waals surface area (Å²) in [4.78, 5) is 0. The highest BCUT2D eigenvalue weighted by Crippen LogP contribution is 2.29. The summed E-state index contributed by atoms with van der Waals surface area (Å²) >= 11 is 0. The first-order chi connectivity index (χ1) is 20.3. The molecule has 0 aliphatic carbocycles. The Morgan fingerprint density at radius 3 is 1.40 bits per heavy atom. The summed E-state index contributed by atoms with van der Waals surface area (Å²) in [5.41, 5.74) is 13.9. The molecule has 2 rings (SSSR count). The van der Waals surface area contributed by atoms with E-state index in [1.165, 1.54) is 44.5 Å². The smallest absolute Gasteiger partial charge is 0.122 e.